The van der Waals surface area contributed by atoms with Crippen LogP contribution in [0.15, 0.2) is 10.5 Å². The van der Waals surface area contributed by atoms with E-state index in [1.54, 1.807) is 0 Å². The summed E-state index contributed by atoms with van der Waals surface area (Å²) in [5.41, 5.74) is 8.40. The van der Waals surface area contributed by atoms with E-state index in [1.807, 2.05) is 13.0 Å². The Morgan fingerprint density at radius 3 is 2.56 bits per heavy atom. The summed E-state index contributed by atoms with van der Waals surface area (Å²) in [7, 11) is 0. The molecule has 1 atom stereocenters. The molecule has 2 N–H and O–H groups in total. The molecule has 1 aliphatic rings. The second-order valence-electron chi connectivity index (χ2n) is 5.11. The third-order valence-corrected chi connectivity index (χ3v) is 3.74. The van der Waals surface area contributed by atoms with Gasteiger partial charge >= 0.3 is 0 Å². The average Bonchev–Trinajstić information content (AvgIpc) is 2.28. The quantitative estimate of drug-likeness (QED) is 0.931. The van der Waals surface area contributed by atoms with Crippen molar-refractivity contribution in [1.82, 2.24) is 0 Å². The zero-order valence-electron chi connectivity index (χ0n) is 11.1. The molecule has 0 saturated carbocycles. The Morgan fingerprint density at radius 2 is 1.94 bits per heavy atom. The van der Waals surface area contributed by atoms with Crippen LogP contribution in [0.25, 0.3) is 0 Å². The average molecular weight is 314 g/mol. The number of benzene rings is 1. The number of ether oxygens (including phenoxy) is 2. The van der Waals surface area contributed by atoms with E-state index < -0.39 is 0 Å². The molecule has 4 heteroatoms. The molecule has 0 bridgehead atoms. The molecule has 100 valence electrons. The first-order valence-corrected chi connectivity index (χ1v) is 7.16. The van der Waals surface area contributed by atoms with Crippen LogP contribution >= 0.6 is 15.9 Å². The smallest absolute Gasteiger partial charge is 0.165 e. The maximum Gasteiger partial charge on any atom is 0.165 e. The van der Waals surface area contributed by atoms with Crippen molar-refractivity contribution in [1.29, 1.82) is 0 Å². The maximum absolute atomic E-state index is 5.95. The summed E-state index contributed by atoms with van der Waals surface area (Å²) in [5.74, 6) is 2.12. The van der Waals surface area contributed by atoms with E-state index in [4.69, 9.17) is 15.2 Å². The highest BCUT2D eigenvalue weighted by molar-refractivity contribution is 9.10. The second kappa shape index (κ2) is 5.49. The Hall–Kier alpha value is -0.740. The van der Waals surface area contributed by atoms with Gasteiger partial charge in [0.2, 0.25) is 0 Å². The van der Waals surface area contributed by atoms with Gasteiger partial charge in [0.15, 0.2) is 11.5 Å². The van der Waals surface area contributed by atoms with Gasteiger partial charge in [0.1, 0.15) is 13.2 Å². The van der Waals surface area contributed by atoms with Crippen LogP contribution < -0.4 is 15.2 Å². The standard InChI is InChI=1S/C14H20BrNO2/c1-8(2)13-10(6-9(3)16)11(15)7-12-14(13)18-5-4-17-12/h7-9H,4-6,16H2,1-3H3. The fourth-order valence-corrected chi connectivity index (χ4v) is 2.94. The van der Waals surface area contributed by atoms with Crippen LogP contribution in [0.3, 0.4) is 0 Å². The van der Waals surface area contributed by atoms with Crippen LogP contribution in [-0.4, -0.2) is 19.3 Å². The normalized spacial score (nSPS) is 15.9. The fourth-order valence-electron chi connectivity index (χ4n) is 2.36. The Labute approximate surface area is 117 Å². The van der Waals surface area contributed by atoms with Crippen LogP contribution in [0.5, 0.6) is 11.5 Å². The molecule has 0 aliphatic carbocycles. The highest BCUT2D eigenvalue weighted by Crippen LogP contribution is 2.43. The van der Waals surface area contributed by atoms with Gasteiger partial charge in [-0.1, -0.05) is 29.8 Å². The first-order valence-electron chi connectivity index (χ1n) is 6.37. The lowest BCUT2D eigenvalue weighted by molar-refractivity contribution is 0.169. The number of fused-ring (bicyclic) bond motifs is 1. The largest absolute Gasteiger partial charge is 0.486 e. The molecule has 1 aliphatic heterocycles. The molecule has 1 unspecified atom stereocenters. The van der Waals surface area contributed by atoms with E-state index in [0.29, 0.717) is 19.1 Å². The highest BCUT2D eigenvalue weighted by atomic mass is 79.9. The zero-order valence-corrected chi connectivity index (χ0v) is 12.7. The maximum atomic E-state index is 5.95. The van der Waals surface area contributed by atoms with E-state index in [1.165, 1.54) is 11.1 Å². The minimum Gasteiger partial charge on any atom is -0.486 e. The predicted molar refractivity (Wildman–Crippen MR) is 76.6 cm³/mol. The third-order valence-electron chi connectivity index (χ3n) is 3.03. The summed E-state index contributed by atoms with van der Waals surface area (Å²) >= 11 is 3.63. The lowest BCUT2D eigenvalue weighted by atomic mass is 9.92. The predicted octanol–water partition coefficient (Wildman–Crippen LogP) is 3.23. The minimum absolute atomic E-state index is 0.126. The van der Waals surface area contributed by atoms with Crippen molar-refractivity contribution in [2.75, 3.05) is 13.2 Å². The molecular weight excluding hydrogens is 294 g/mol. The Bertz CT molecular complexity index is 444. The highest BCUT2D eigenvalue weighted by Gasteiger charge is 2.24. The van der Waals surface area contributed by atoms with E-state index in [-0.39, 0.29) is 6.04 Å². The van der Waals surface area contributed by atoms with Crippen LogP contribution in [0.4, 0.5) is 0 Å². The van der Waals surface area contributed by atoms with Crippen molar-refractivity contribution < 1.29 is 9.47 Å². The lowest BCUT2D eigenvalue weighted by Crippen LogP contribution is -2.22. The summed E-state index contributed by atoms with van der Waals surface area (Å²) in [6, 6.07) is 2.12. The molecule has 0 spiro atoms. The lowest BCUT2D eigenvalue weighted by Gasteiger charge is -2.26. The Morgan fingerprint density at radius 1 is 1.28 bits per heavy atom. The van der Waals surface area contributed by atoms with E-state index in [2.05, 4.69) is 29.8 Å². The van der Waals surface area contributed by atoms with Gasteiger partial charge in [-0.2, -0.15) is 0 Å². The molecule has 1 heterocycles. The molecule has 0 aromatic heterocycles. The molecule has 0 amide bonds. The summed E-state index contributed by atoms with van der Waals surface area (Å²) in [6.45, 7) is 7.60. The van der Waals surface area contributed by atoms with Gasteiger partial charge in [-0.05, 0) is 30.9 Å². The molecular formula is C14H20BrNO2. The van der Waals surface area contributed by atoms with Crippen LogP contribution in [0.1, 0.15) is 37.8 Å². The number of halogens is 1. The fraction of sp³-hybridized carbons (Fsp3) is 0.571. The third kappa shape index (κ3) is 2.64. The minimum atomic E-state index is 0.126. The summed E-state index contributed by atoms with van der Waals surface area (Å²) < 4.78 is 12.5. The summed E-state index contributed by atoms with van der Waals surface area (Å²) in [4.78, 5) is 0. The van der Waals surface area contributed by atoms with Crippen molar-refractivity contribution >= 4 is 15.9 Å². The van der Waals surface area contributed by atoms with Gasteiger partial charge in [-0.3, -0.25) is 0 Å². The van der Waals surface area contributed by atoms with E-state index >= 15 is 0 Å². The Kier molecular flexibility index (Phi) is 4.17. The number of hydrogen-bond donors (Lipinski definition) is 1. The monoisotopic (exact) mass is 313 g/mol. The van der Waals surface area contributed by atoms with Crippen molar-refractivity contribution in [3.63, 3.8) is 0 Å². The topological polar surface area (TPSA) is 44.5 Å². The first-order chi connectivity index (χ1) is 8.50. The van der Waals surface area contributed by atoms with Crippen molar-refractivity contribution in [3.05, 3.63) is 21.7 Å². The molecule has 1 aromatic rings. The first kappa shape index (κ1) is 13.7. The SMILES string of the molecule is CC(N)Cc1c(Br)cc2c(c1C(C)C)OCCO2. The van der Waals surface area contributed by atoms with Crippen molar-refractivity contribution in [2.24, 2.45) is 5.73 Å². The van der Waals surface area contributed by atoms with Crippen molar-refractivity contribution in [3.8, 4) is 11.5 Å². The van der Waals surface area contributed by atoms with Crippen LogP contribution in [-0.2, 0) is 6.42 Å². The molecule has 3 nitrogen and oxygen atoms in total. The zero-order chi connectivity index (χ0) is 13.3. The van der Waals surface area contributed by atoms with Gasteiger partial charge in [0.25, 0.3) is 0 Å². The molecule has 0 saturated heterocycles. The molecule has 0 radical (unpaired) electrons. The van der Waals surface area contributed by atoms with E-state index in [9.17, 15) is 0 Å². The molecule has 1 aromatic carbocycles. The van der Waals surface area contributed by atoms with Crippen LogP contribution in [0, 0.1) is 0 Å². The molecule has 0 fully saturated rings. The number of hydrogen-bond acceptors (Lipinski definition) is 3. The second-order valence-corrected chi connectivity index (χ2v) is 5.97. The molecule has 2 rings (SSSR count). The number of nitrogens with two attached hydrogens (primary N) is 1. The van der Waals surface area contributed by atoms with E-state index in [0.717, 1.165) is 22.4 Å². The van der Waals surface area contributed by atoms with Gasteiger partial charge in [0.05, 0.1) is 0 Å². The van der Waals surface area contributed by atoms with Crippen molar-refractivity contribution in [2.45, 2.75) is 39.2 Å². The summed E-state index contributed by atoms with van der Waals surface area (Å²) in [6.07, 6.45) is 0.838. The van der Waals surface area contributed by atoms with Gasteiger partial charge in [-0.15, -0.1) is 0 Å². The Balaban J connectivity index is 2.57. The van der Waals surface area contributed by atoms with Gasteiger partial charge < -0.3 is 15.2 Å². The number of rotatable bonds is 3. The van der Waals surface area contributed by atoms with Crippen LogP contribution in [0.2, 0.25) is 0 Å². The molecule has 18 heavy (non-hydrogen) atoms. The summed E-state index contributed by atoms with van der Waals surface area (Å²) in [5, 5.41) is 0. The van der Waals surface area contributed by atoms with Gasteiger partial charge in [0, 0.05) is 16.1 Å². The van der Waals surface area contributed by atoms with Gasteiger partial charge in [-0.25, -0.2) is 0 Å².